The van der Waals surface area contributed by atoms with E-state index < -0.39 is 0 Å². The zero-order valence-corrected chi connectivity index (χ0v) is 11.8. The van der Waals surface area contributed by atoms with E-state index in [0.717, 1.165) is 22.9 Å². The Balaban J connectivity index is 2.04. The van der Waals surface area contributed by atoms with Gasteiger partial charge in [0.05, 0.1) is 17.9 Å². The molecule has 4 N–H and O–H groups in total. The molecule has 0 saturated heterocycles. The first-order chi connectivity index (χ1) is 8.84. The lowest BCUT2D eigenvalue weighted by atomic mass is 9.92. The van der Waals surface area contributed by atoms with E-state index >= 15 is 0 Å². The van der Waals surface area contributed by atoms with Crippen molar-refractivity contribution in [1.82, 2.24) is 20.2 Å². The molecule has 102 valence electrons. The fraction of sp³-hybridized carbons (Fsp3) is 0.462. The number of nitrogens with zero attached hydrogens (tertiary/aromatic N) is 3. The summed E-state index contributed by atoms with van der Waals surface area (Å²) < 4.78 is 0. The predicted octanol–water partition coefficient (Wildman–Crippen LogP) is 2.00. The van der Waals surface area contributed by atoms with Gasteiger partial charge in [0.1, 0.15) is 5.82 Å². The highest BCUT2D eigenvalue weighted by Gasteiger charge is 2.17. The summed E-state index contributed by atoms with van der Waals surface area (Å²) in [4.78, 5) is 8.16. The lowest BCUT2D eigenvalue weighted by Crippen LogP contribution is -2.11. The second-order valence-electron chi connectivity index (χ2n) is 5.63. The third-order valence-electron chi connectivity index (χ3n) is 2.73. The number of aromatic nitrogens is 4. The fourth-order valence-electron chi connectivity index (χ4n) is 1.70. The number of nitrogen functional groups attached to an aromatic ring is 1. The summed E-state index contributed by atoms with van der Waals surface area (Å²) in [7, 11) is 0. The fourth-order valence-corrected chi connectivity index (χ4v) is 1.70. The van der Waals surface area contributed by atoms with Crippen molar-refractivity contribution in [1.29, 1.82) is 0 Å². The second kappa shape index (κ2) is 4.87. The molecule has 0 unspecified atom stereocenters. The number of rotatable bonds is 3. The molecule has 6 heteroatoms. The number of aryl methyl sites for hydroxylation is 1. The Morgan fingerprint density at radius 3 is 2.58 bits per heavy atom. The lowest BCUT2D eigenvalue weighted by molar-refractivity contribution is 0.567. The van der Waals surface area contributed by atoms with Gasteiger partial charge in [0, 0.05) is 17.2 Å². The van der Waals surface area contributed by atoms with Gasteiger partial charge < -0.3 is 11.1 Å². The van der Waals surface area contributed by atoms with Crippen LogP contribution >= 0.6 is 0 Å². The van der Waals surface area contributed by atoms with E-state index in [4.69, 9.17) is 5.73 Å². The zero-order chi connectivity index (χ0) is 14.0. The molecule has 0 amide bonds. The molecule has 0 radical (unpaired) electrons. The summed E-state index contributed by atoms with van der Waals surface area (Å²) >= 11 is 0. The largest absolute Gasteiger partial charge is 0.368 e. The van der Waals surface area contributed by atoms with Gasteiger partial charge in [0.2, 0.25) is 5.95 Å². The standard InChI is InChI=1S/C13H20N6/c1-8-5-11(17-12(14)16-8)15-7-9-6-10(19-18-9)13(2,3)4/h5-6H,7H2,1-4H3,(H,18,19)(H3,14,15,16,17). The Morgan fingerprint density at radius 1 is 1.26 bits per heavy atom. The van der Waals surface area contributed by atoms with Gasteiger partial charge in [-0.15, -0.1) is 0 Å². The minimum Gasteiger partial charge on any atom is -0.368 e. The molecule has 0 atom stereocenters. The molecular weight excluding hydrogens is 240 g/mol. The van der Waals surface area contributed by atoms with Crippen molar-refractivity contribution in [3.8, 4) is 0 Å². The van der Waals surface area contributed by atoms with Gasteiger partial charge in [-0.2, -0.15) is 10.1 Å². The van der Waals surface area contributed by atoms with Crippen LogP contribution in [-0.2, 0) is 12.0 Å². The summed E-state index contributed by atoms with van der Waals surface area (Å²) in [6.07, 6.45) is 0. The summed E-state index contributed by atoms with van der Waals surface area (Å²) in [5, 5.41) is 10.5. The van der Waals surface area contributed by atoms with E-state index in [-0.39, 0.29) is 11.4 Å². The van der Waals surface area contributed by atoms with Crippen molar-refractivity contribution < 1.29 is 0 Å². The normalized spacial score (nSPS) is 11.6. The molecule has 0 aliphatic rings. The van der Waals surface area contributed by atoms with Gasteiger partial charge in [-0.05, 0) is 13.0 Å². The van der Waals surface area contributed by atoms with E-state index in [0.29, 0.717) is 6.54 Å². The molecule has 0 spiro atoms. The molecule has 2 heterocycles. The van der Waals surface area contributed by atoms with Crippen LogP contribution in [0.15, 0.2) is 12.1 Å². The van der Waals surface area contributed by atoms with E-state index in [1.54, 1.807) is 0 Å². The van der Waals surface area contributed by atoms with Crippen LogP contribution in [0.3, 0.4) is 0 Å². The summed E-state index contributed by atoms with van der Waals surface area (Å²) in [5.41, 5.74) is 8.55. The first-order valence-electron chi connectivity index (χ1n) is 6.24. The molecule has 2 aromatic rings. The minimum atomic E-state index is 0.0463. The Morgan fingerprint density at radius 2 is 2.00 bits per heavy atom. The average molecular weight is 260 g/mol. The van der Waals surface area contributed by atoms with Crippen molar-refractivity contribution in [3.05, 3.63) is 29.2 Å². The van der Waals surface area contributed by atoms with E-state index in [2.05, 4.69) is 52.3 Å². The number of H-pyrrole nitrogens is 1. The third-order valence-corrected chi connectivity index (χ3v) is 2.73. The van der Waals surface area contributed by atoms with Crippen molar-refractivity contribution in [2.45, 2.75) is 39.7 Å². The summed E-state index contributed by atoms with van der Waals surface area (Å²) in [6, 6.07) is 3.92. The Bertz CT molecular complexity index is 547. The van der Waals surface area contributed by atoms with Crippen molar-refractivity contribution in [2.75, 3.05) is 11.1 Å². The number of nitrogens with one attached hydrogen (secondary N) is 2. The van der Waals surface area contributed by atoms with Gasteiger partial charge >= 0.3 is 0 Å². The van der Waals surface area contributed by atoms with E-state index in [1.807, 2.05) is 13.0 Å². The SMILES string of the molecule is Cc1cc(NCc2cc(C(C)(C)C)n[nH]2)nc(N)n1. The van der Waals surface area contributed by atoms with Gasteiger partial charge in [-0.3, -0.25) is 5.10 Å². The average Bonchev–Trinajstić information content (AvgIpc) is 2.73. The molecule has 19 heavy (non-hydrogen) atoms. The third kappa shape index (κ3) is 3.43. The highest BCUT2D eigenvalue weighted by molar-refractivity contribution is 5.40. The maximum atomic E-state index is 5.61. The van der Waals surface area contributed by atoms with Crippen LogP contribution in [0.1, 0.15) is 37.9 Å². The predicted molar refractivity (Wildman–Crippen MR) is 75.8 cm³/mol. The van der Waals surface area contributed by atoms with E-state index in [1.165, 1.54) is 0 Å². The zero-order valence-electron chi connectivity index (χ0n) is 11.8. The van der Waals surface area contributed by atoms with Crippen molar-refractivity contribution >= 4 is 11.8 Å². The van der Waals surface area contributed by atoms with Crippen molar-refractivity contribution in [3.63, 3.8) is 0 Å². The molecular formula is C13H20N6. The number of aromatic amines is 1. The maximum Gasteiger partial charge on any atom is 0.222 e. The molecule has 0 aliphatic carbocycles. The van der Waals surface area contributed by atoms with Crippen molar-refractivity contribution in [2.24, 2.45) is 0 Å². The summed E-state index contributed by atoms with van der Waals surface area (Å²) in [5.74, 6) is 0.999. The topological polar surface area (TPSA) is 92.5 Å². The van der Waals surface area contributed by atoms with Crippen LogP contribution in [0.25, 0.3) is 0 Å². The number of nitrogens with two attached hydrogens (primary N) is 1. The Labute approximate surface area is 112 Å². The molecule has 2 aromatic heterocycles. The Hall–Kier alpha value is -2.11. The molecule has 0 fully saturated rings. The minimum absolute atomic E-state index is 0.0463. The van der Waals surface area contributed by atoms with Crippen LogP contribution in [-0.4, -0.2) is 20.2 Å². The van der Waals surface area contributed by atoms with Gasteiger partial charge in [0.25, 0.3) is 0 Å². The Kier molecular flexibility index (Phi) is 3.42. The van der Waals surface area contributed by atoms with Crippen LogP contribution in [0.2, 0.25) is 0 Å². The number of hydrogen-bond acceptors (Lipinski definition) is 5. The smallest absolute Gasteiger partial charge is 0.222 e. The molecule has 0 aromatic carbocycles. The maximum absolute atomic E-state index is 5.61. The first kappa shape index (κ1) is 13.3. The highest BCUT2D eigenvalue weighted by atomic mass is 15.1. The monoisotopic (exact) mass is 260 g/mol. The molecule has 2 rings (SSSR count). The second-order valence-corrected chi connectivity index (χ2v) is 5.63. The van der Waals surface area contributed by atoms with Crippen LogP contribution in [0.5, 0.6) is 0 Å². The number of hydrogen-bond donors (Lipinski definition) is 3. The number of anilines is 2. The molecule has 0 aliphatic heterocycles. The van der Waals surface area contributed by atoms with Crippen LogP contribution in [0, 0.1) is 6.92 Å². The first-order valence-corrected chi connectivity index (χ1v) is 6.24. The van der Waals surface area contributed by atoms with Gasteiger partial charge in [-0.25, -0.2) is 4.98 Å². The lowest BCUT2D eigenvalue weighted by Gasteiger charge is -2.13. The van der Waals surface area contributed by atoms with E-state index in [9.17, 15) is 0 Å². The molecule has 0 bridgehead atoms. The quantitative estimate of drug-likeness (QED) is 0.785. The van der Waals surface area contributed by atoms with Gasteiger partial charge in [0.15, 0.2) is 0 Å². The van der Waals surface area contributed by atoms with Crippen LogP contribution in [0.4, 0.5) is 11.8 Å². The highest BCUT2D eigenvalue weighted by Crippen LogP contribution is 2.20. The van der Waals surface area contributed by atoms with Crippen LogP contribution < -0.4 is 11.1 Å². The molecule has 0 saturated carbocycles. The summed E-state index contributed by atoms with van der Waals surface area (Å²) in [6.45, 7) is 8.91. The molecule has 6 nitrogen and oxygen atoms in total. The van der Waals surface area contributed by atoms with Gasteiger partial charge in [-0.1, -0.05) is 20.8 Å².